The van der Waals surface area contributed by atoms with Crippen molar-refractivity contribution in [2.24, 2.45) is 5.92 Å². The summed E-state index contributed by atoms with van der Waals surface area (Å²) in [7, 11) is 0. The molecule has 1 aromatic rings. The maximum absolute atomic E-state index is 4.00. The molecule has 1 fully saturated rings. The first-order valence-corrected chi connectivity index (χ1v) is 4.95. The molecule has 4 heteroatoms. The van der Waals surface area contributed by atoms with Gasteiger partial charge in [-0.1, -0.05) is 21.1 Å². The van der Waals surface area contributed by atoms with E-state index in [1.807, 2.05) is 10.9 Å². The van der Waals surface area contributed by atoms with Crippen molar-refractivity contribution in [3.63, 3.8) is 0 Å². The van der Waals surface area contributed by atoms with E-state index in [2.05, 4.69) is 26.2 Å². The molecular weight excluding hydrogens is 206 g/mol. The first-order valence-electron chi connectivity index (χ1n) is 3.83. The molecule has 0 amide bonds. The van der Waals surface area contributed by atoms with Crippen molar-refractivity contribution >= 4 is 15.9 Å². The Morgan fingerprint density at radius 1 is 1.64 bits per heavy atom. The standard InChI is InChI=1S/C7H10BrN3/c8-3-7-5-11(10-9-7)4-6-1-2-6/h5-6H,1-4H2. The Bertz CT molecular complexity index is 242. The molecule has 3 nitrogen and oxygen atoms in total. The van der Waals surface area contributed by atoms with Crippen LogP contribution in [-0.4, -0.2) is 15.0 Å². The van der Waals surface area contributed by atoms with Crippen molar-refractivity contribution in [1.82, 2.24) is 15.0 Å². The monoisotopic (exact) mass is 215 g/mol. The number of hydrogen-bond donors (Lipinski definition) is 0. The lowest BCUT2D eigenvalue weighted by Gasteiger charge is -1.93. The highest BCUT2D eigenvalue weighted by molar-refractivity contribution is 9.08. The van der Waals surface area contributed by atoms with Gasteiger partial charge in [0.15, 0.2) is 0 Å². The lowest BCUT2D eigenvalue weighted by molar-refractivity contribution is 0.544. The third-order valence-electron chi connectivity index (χ3n) is 1.87. The van der Waals surface area contributed by atoms with E-state index >= 15 is 0 Å². The minimum atomic E-state index is 0.803. The number of alkyl halides is 1. The van der Waals surface area contributed by atoms with Gasteiger partial charge in [0.2, 0.25) is 0 Å². The van der Waals surface area contributed by atoms with Crippen molar-refractivity contribution in [3.8, 4) is 0 Å². The summed E-state index contributed by atoms with van der Waals surface area (Å²) in [5, 5.41) is 8.79. The summed E-state index contributed by atoms with van der Waals surface area (Å²) in [6.45, 7) is 1.06. The zero-order chi connectivity index (χ0) is 7.68. The normalized spacial score (nSPS) is 17.2. The van der Waals surface area contributed by atoms with Gasteiger partial charge in [-0.25, -0.2) is 0 Å². The topological polar surface area (TPSA) is 30.7 Å². The Hall–Kier alpha value is -0.380. The Labute approximate surface area is 73.9 Å². The lowest BCUT2D eigenvalue weighted by Crippen LogP contribution is -1.99. The molecular formula is C7H10BrN3. The van der Waals surface area contributed by atoms with Gasteiger partial charge in [0.1, 0.15) is 0 Å². The van der Waals surface area contributed by atoms with Crippen LogP contribution in [-0.2, 0) is 11.9 Å². The summed E-state index contributed by atoms with van der Waals surface area (Å²) in [6.07, 6.45) is 4.74. The smallest absolute Gasteiger partial charge is 0.0932 e. The summed E-state index contributed by atoms with van der Waals surface area (Å²) < 4.78 is 1.94. The zero-order valence-electron chi connectivity index (χ0n) is 6.20. The van der Waals surface area contributed by atoms with Gasteiger partial charge in [-0.3, -0.25) is 4.68 Å². The van der Waals surface area contributed by atoms with Gasteiger partial charge in [-0.05, 0) is 18.8 Å². The van der Waals surface area contributed by atoms with Gasteiger partial charge in [0, 0.05) is 18.1 Å². The molecule has 11 heavy (non-hydrogen) atoms. The van der Waals surface area contributed by atoms with Crippen LogP contribution in [0.25, 0.3) is 0 Å². The van der Waals surface area contributed by atoms with Crippen LogP contribution >= 0.6 is 15.9 Å². The van der Waals surface area contributed by atoms with E-state index < -0.39 is 0 Å². The van der Waals surface area contributed by atoms with Crippen molar-refractivity contribution in [3.05, 3.63) is 11.9 Å². The molecule has 0 spiro atoms. The predicted molar refractivity (Wildman–Crippen MR) is 45.4 cm³/mol. The first-order chi connectivity index (χ1) is 5.38. The maximum atomic E-state index is 4.00. The van der Waals surface area contributed by atoms with Crippen LogP contribution in [0.5, 0.6) is 0 Å². The highest BCUT2D eigenvalue weighted by Gasteiger charge is 2.22. The van der Waals surface area contributed by atoms with Crippen molar-refractivity contribution < 1.29 is 0 Å². The Kier molecular flexibility index (Phi) is 1.94. The number of aromatic nitrogens is 3. The molecule has 0 radical (unpaired) electrons. The van der Waals surface area contributed by atoms with E-state index in [0.29, 0.717) is 0 Å². The van der Waals surface area contributed by atoms with Gasteiger partial charge in [-0.2, -0.15) is 0 Å². The van der Waals surface area contributed by atoms with Crippen LogP contribution in [0.1, 0.15) is 18.5 Å². The average Bonchev–Trinajstić information content (AvgIpc) is 2.68. The van der Waals surface area contributed by atoms with E-state index in [4.69, 9.17) is 0 Å². The average molecular weight is 216 g/mol. The number of halogens is 1. The summed E-state index contributed by atoms with van der Waals surface area (Å²) >= 11 is 3.34. The van der Waals surface area contributed by atoms with Gasteiger partial charge in [-0.15, -0.1) is 5.10 Å². The van der Waals surface area contributed by atoms with Crippen LogP contribution in [0, 0.1) is 5.92 Å². The SMILES string of the molecule is BrCc1cn(CC2CC2)nn1. The molecule has 0 N–H and O–H groups in total. The molecule has 0 unspecified atom stereocenters. The quantitative estimate of drug-likeness (QED) is 0.718. The molecule has 0 saturated heterocycles. The molecule has 0 aromatic carbocycles. The van der Waals surface area contributed by atoms with Crippen molar-refractivity contribution in [1.29, 1.82) is 0 Å². The van der Waals surface area contributed by atoms with Crippen LogP contribution < -0.4 is 0 Å². The molecule has 1 aliphatic carbocycles. The summed E-state index contributed by atoms with van der Waals surface area (Å²) in [5.41, 5.74) is 1.02. The van der Waals surface area contributed by atoms with Crippen molar-refractivity contribution in [2.45, 2.75) is 24.7 Å². The molecule has 0 atom stereocenters. The van der Waals surface area contributed by atoms with Crippen LogP contribution in [0.3, 0.4) is 0 Å². The predicted octanol–water partition coefficient (Wildman–Crippen LogP) is 1.58. The van der Waals surface area contributed by atoms with Crippen LogP contribution in [0.2, 0.25) is 0 Å². The minimum Gasteiger partial charge on any atom is -0.252 e. The van der Waals surface area contributed by atoms with Crippen molar-refractivity contribution in [2.75, 3.05) is 0 Å². The highest BCUT2D eigenvalue weighted by Crippen LogP contribution is 2.30. The second kappa shape index (κ2) is 2.93. The second-order valence-electron chi connectivity index (χ2n) is 3.01. The van der Waals surface area contributed by atoms with Gasteiger partial charge < -0.3 is 0 Å². The highest BCUT2D eigenvalue weighted by atomic mass is 79.9. The fourth-order valence-electron chi connectivity index (χ4n) is 1.05. The maximum Gasteiger partial charge on any atom is 0.0932 e. The fourth-order valence-corrected chi connectivity index (χ4v) is 1.31. The lowest BCUT2D eigenvalue weighted by atomic mass is 10.4. The van der Waals surface area contributed by atoms with Crippen LogP contribution in [0.15, 0.2) is 6.20 Å². The Morgan fingerprint density at radius 2 is 2.45 bits per heavy atom. The van der Waals surface area contributed by atoms with E-state index in [1.54, 1.807) is 0 Å². The zero-order valence-corrected chi connectivity index (χ0v) is 7.79. The fraction of sp³-hybridized carbons (Fsp3) is 0.714. The number of rotatable bonds is 3. The Balaban J connectivity index is 1.99. The first kappa shape index (κ1) is 7.28. The molecule has 1 aromatic heterocycles. The third-order valence-corrected chi connectivity index (χ3v) is 2.44. The molecule has 60 valence electrons. The molecule has 1 aliphatic rings. The van der Waals surface area contributed by atoms with E-state index in [9.17, 15) is 0 Å². The third kappa shape index (κ3) is 1.80. The van der Waals surface area contributed by atoms with Gasteiger partial charge >= 0.3 is 0 Å². The summed E-state index contributed by atoms with van der Waals surface area (Å²) in [5.74, 6) is 0.875. The van der Waals surface area contributed by atoms with E-state index in [1.165, 1.54) is 12.8 Å². The summed E-state index contributed by atoms with van der Waals surface area (Å²) in [4.78, 5) is 0. The largest absolute Gasteiger partial charge is 0.252 e. The van der Waals surface area contributed by atoms with E-state index in [0.717, 1.165) is 23.5 Å². The molecule has 1 heterocycles. The second-order valence-corrected chi connectivity index (χ2v) is 3.57. The summed E-state index contributed by atoms with van der Waals surface area (Å²) in [6, 6.07) is 0. The van der Waals surface area contributed by atoms with Crippen LogP contribution in [0.4, 0.5) is 0 Å². The van der Waals surface area contributed by atoms with Gasteiger partial charge in [0.05, 0.1) is 5.69 Å². The number of nitrogens with zero attached hydrogens (tertiary/aromatic N) is 3. The Morgan fingerprint density at radius 3 is 3.00 bits per heavy atom. The molecule has 0 bridgehead atoms. The molecule has 1 saturated carbocycles. The van der Waals surface area contributed by atoms with Gasteiger partial charge in [0.25, 0.3) is 0 Å². The molecule has 2 rings (SSSR count). The minimum absolute atomic E-state index is 0.803. The number of hydrogen-bond acceptors (Lipinski definition) is 2. The van der Waals surface area contributed by atoms with E-state index in [-0.39, 0.29) is 0 Å². The molecule has 0 aliphatic heterocycles.